The van der Waals surface area contributed by atoms with E-state index >= 15 is 0 Å². The molecule has 0 radical (unpaired) electrons. The summed E-state index contributed by atoms with van der Waals surface area (Å²) in [6.07, 6.45) is 4.02. The Balaban J connectivity index is 1.90. The molecule has 2 rings (SSSR count). The lowest BCUT2D eigenvalue weighted by molar-refractivity contribution is -0.116. The van der Waals surface area contributed by atoms with E-state index in [0.29, 0.717) is 13.2 Å². The smallest absolute Gasteiger partial charge is 0.244 e. The van der Waals surface area contributed by atoms with Gasteiger partial charge in [0.1, 0.15) is 10.8 Å². The van der Waals surface area contributed by atoms with Crippen LogP contribution < -0.4 is 10.1 Å². The van der Waals surface area contributed by atoms with Crippen LogP contribution in [0, 0.1) is 0 Å². The molecule has 0 unspecified atom stereocenters. The summed E-state index contributed by atoms with van der Waals surface area (Å²) in [5.74, 6) is 0.690. The number of ether oxygens (including phenoxy) is 2. The molecule has 1 heterocycles. The number of benzene rings is 1. The monoisotopic (exact) mass is 332 g/mol. The van der Waals surface area contributed by atoms with Crippen molar-refractivity contribution in [2.24, 2.45) is 0 Å². The van der Waals surface area contributed by atoms with Crippen molar-refractivity contribution in [2.45, 2.75) is 6.42 Å². The molecule has 1 amide bonds. The summed E-state index contributed by atoms with van der Waals surface area (Å²) in [6, 6.07) is 7.74. The maximum Gasteiger partial charge on any atom is 0.244 e. The maximum atomic E-state index is 11.6. The van der Waals surface area contributed by atoms with Crippen molar-refractivity contribution < 1.29 is 14.3 Å². The summed E-state index contributed by atoms with van der Waals surface area (Å²) in [7, 11) is 3.28. The topological polar surface area (TPSA) is 60.5 Å². The molecule has 1 aromatic heterocycles. The molecule has 0 bridgehead atoms. The second kappa shape index (κ2) is 9.07. The molecule has 0 atom stereocenters. The molecule has 0 fully saturated rings. The number of rotatable bonds is 8. The SMILES string of the molecule is COCCCNC(=O)C=Cc1csc(-c2ccc(OC)cc2)n1. The van der Waals surface area contributed by atoms with Crippen LogP contribution in [0.3, 0.4) is 0 Å². The Morgan fingerprint density at radius 2 is 2.09 bits per heavy atom. The quantitative estimate of drug-likeness (QED) is 0.596. The van der Waals surface area contributed by atoms with Gasteiger partial charge in [-0.05, 0) is 36.8 Å². The van der Waals surface area contributed by atoms with Crippen molar-refractivity contribution in [3.05, 3.63) is 41.4 Å². The lowest BCUT2D eigenvalue weighted by atomic mass is 10.2. The van der Waals surface area contributed by atoms with Gasteiger partial charge in [0.25, 0.3) is 0 Å². The molecule has 2 aromatic rings. The van der Waals surface area contributed by atoms with E-state index in [-0.39, 0.29) is 5.91 Å². The van der Waals surface area contributed by atoms with E-state index in [1.54, 1.807) is 31.6 Å². The molecule has 0 saturated carbocycles. The number of carbonyl (C=O) groups excluding carboxylic acids is 1. The zero-order valence-corrected chi connectivity index (χ0v) is 14.1. The van der Waals surface area contributed by atoms with Crippen LogP contribution >= 0.6 is 11.3 Å². The first-order chi connectivity index (χ1) is 11.2. The van der Waals surface area contributed by atoms with Gasteiger partial charge in [0.2, 0.25) is 5.91 Å². The zero-order valence-electron chi connectivity index (χ0n) is 13.2. The third-order valence-electron chi connectivity index (χ3n) is 3.09. The summed E-state index contributed by atoms with van der Waals surface area (Å²) in [5.41, 5.74) is 1.80. The molecule has 1 N–H and O–H groups in total. The van der Waals surface area contributed by atoms with Gasteiger partial charge in [-0.25, -0.2) is 4.98 Å². The summed E-state index contributed by atoms with van der Waals surface area (Å²) < 4.78 is 10.1. The number of amides is 1. The minimum Gasteiger partial charge on any atom is -0.497 e. The third kappa shape index (κ3) is 5.50. The summed E-state index contributed by atoms with van der Waals surface area (Å²) in [5, 5.41) is 5.63. The highest BCUT2D eigenvalue weighted by molar-refractivity contribution is 7.13. The van der Waals surface area contributed by atoms with Crippen molar-refractivity contribution in [3.8, 4) is 16.3 Å². The van der Waals surface area contributed by atoms with E-state index in [9.17, 15) is 4.79 Å². The number of methoxy groups -OCH3 is 2. The van der Waals surface area contributed by atoms with Crippen LogP contribution in [0.15, 0.2) is 35.7 Å². The fourth-order valence-electron chi connectivity index (χ4n) is 1.88. The first-order valence-electron chi connectivity index (χ1n) is 7.27. The minimum absolute atomic E-state index is 0.125. The van der Waals surface area contributed by atoms with Gasteiger partial charge in [0, 0.05) is 37.3 Å². The van der Waals surface area contributed by atoms with Gasteiger partial charge < -0.3 is 14.8 Å². The highest BCUT2D eigenvalue weighted by Gasteiger charge is 2.04. The maximum absolute atomic E-state index is 11.6. The summed E-state index contributed by atoms with van der Waals surface area (Å²) in [6.45, 7) is 1.24. The summed E-state index contributed by atoms with van der Waals surface area (Å²) >= 11 is 1.54. The Kier molecular flexibility index (Phi) is 6.77. The highest BCUT2D eigenvalue weighted by Crippen LogP contribution is 2.26. The number of aromatic nitrogens is 1. The Hall–Kier alpha value is -2.18. The van der Waals surface area contributed by atoms with Crippen LogP contribution in [-0.4, -0.2) is 38.3 Å². The molecule has 1 aromatic carbocycles. The second-order valence-electron chi connectivity index (χ2n) is 4.78. The van der Waals surface area contributed by atoms with Crippen LogP contribution in [0.25, 0.3) is 16.6 Å². The van der Waals surface area contributed by atoms with Crippen LogP contribution in [0.4, 0.5) is 0 Å². The predicted molar refractivity (Wildman–Crippen MR) is 92.6 cm³/mol. The Labute approximate surface area is 140 Å². The van der Waals surface area contributed by atoms with E-state index < -0.39 is 0 Å². The largest absolute Gasteiger partial charge is 0.497 e. The molecule has 0 saturated heterocycles. The molecule has 0 aliphatic heterocycles. The van der Waals surface area contributed by atoms with Gasteiger partial charge in [-0.1, -0.05) is 0 Å². The van der Waals surface area contributed by atoms with Gasteiger partial charge in [-0.15, -0.1) is 11.3 Å². The lowest BCUT2D eigenvalue weighted by Crippen LogP contribution is -2.22. The first-order valence-corrected chi connectivity index (χ1v) is 8.15. The molecule has 23 heavy (non-hydrogen) atoms. The Bertz CT molecular complexity index is 650. The van der Waals surface area contributed by atoms with Gasteiger partial charge in [0.15, 0.2) is 0 Å². The first kappa shape index (κ1) is 17.2. The van der Waals surface area contributed by atoms with Crippen molar-refractivity contribution in [2.75, 3.05) is 27.4 Å². The van der Waals surface area contributed by atoms with Crippen molar-refractivity contribution in [3.63, 3.8) is 0 Å². The van der Waals surface area contributed by atoms with Gasteiger partial charge >= 0.3 is 0 Å². The number of hydrogen-bond acceptors (Lipinski definition) is 5. The fraction of sp³-hybridized carbons (Fsp3) is 0.294. The van der Waals surface area contributed by atoms with Crippen molar-refractivity contribution in [1.82, 2.24) is 10.3 Å². The average Bonchev–Trinajstić information content (AvgIpc) is 3.06. The van der Waals surface area contributed by atoms with Crippen LogP contribution in [-0.2, 0) is 9.53 Å². The van der Waals surface area contributed by atoms with Crippen molar-refractivity contribution in [1.29, 1.82) is 0 Å². The fourth-order valence-corrected chi connectivity index (χ4v) is 2.67. The normalized spacial score (nSPS) is 10.9. The molecular formula is C17H20N2O3S. The van der Waals surface area contributed by atoms with Crippen LogP contribution in [0.2, 0.25) is 0 Å². The molecule has 6 heteroatoms. The van der Waals surface area contributed by atoms with E-state index in [2.05, 4.69) is 10.3 Å². The number of carbonyl (C=O) groups is 1. The van der Waals surface area contributed by atoms with Crippen molar-refractivity contribution >= 4 is 23.3 Å². The van der Waals surface area contributed by atoms with Gasteiger partial charge in [0.05, 0.1) is 12.8 Å². The number of thiazole rings is 1. The van der Waals surface area contributed by atoms with Gasteiger partial charge in [-0.3, -0.25) is 4.79 Å². The molecule has 0 aliphatic rings. The second-order valence-corrected chi connectivity index (χ2v) is 5.63. The molecule has 5 nitrogen and oxygen atoms in total. The average molecular weight is 332 g/mol. The van der Waals surface area contributed by atoms with E-state index in [0.717, 1.165) is 28.4 Å². The third-order valence-corrected chi connectivity index (χ3v) is 4.00. The molecule has 0 spiro atoms. The molecular weight excluding hydrogens is 312 g/mol. The van der Waals surface area contributed by atoms with Gasteiger partial charge in [-0.2, -0.15) is 0 Å². The zero-order chi connectivity index (χ0) is 16.5. The summed E-state index contributed by atoms with van der Waals surface area (Å²) in [4.78, 5) is 16.2. The highest BCUT2D eigenvalue weighted by atomic mass is 32.1. The molecule has 122 valence electrons. The van der Waals surface area contributed by atoms with E-state index in [1.165, 1.54) is 6.08 Å². The number of nitrogens with one attached hydrogen (secondary N) is 1. The number of nitrogens with zero attached hydrogens (tertiary/aromatic N) is 1. The minimum atomic E-state index is -0.125. The Morgan fingerprint density at radius 3 is 2.78 bits per heavy atom. The van der Waals surface area contributed by atoms with Crippen LogP contribution in [0.5, 0.6) is 5.75 Å². The van der Waals surface area contributed by atoms with E-state index in [1.807, 2.05) is 29.6 Å². The molecule has 0 aliphatic carbocycles. The number of hydrogen-bond donors (Lipinski definition) is 1. The van der Waals surface area contributed by atoms with Crippen LogP contribution in [0.1, 0.15) is 12.1 Å². The van der Waals surface area contributed by atoms with E-state index in [4.69, 9.17) is 9.47 Å². The standard InChI is InChI=1S/C17H20N2O3S/c1-21-11-3-10-18-16(20)9-6-14-12-23-17(19-14)13-4-7-15(22-2)8-5-13/h4-9,12H,3,10-11H2,1-2H3,(H,18,20). The lowest BCUT2D eigenvalue weighted by Gasteiger charge is -2.00. The predicted octanol–water partition coefficient (Wildman–Crippen LogP) is 2.98. The Morgan fingerprint density at radius 1 is 1.30 bits per heavy atom.